The highest BCUT2D eigenvalue weighted by Crippen LogP contribution is 2.32. The van der Waals surface area contributed by atoms with Gasteiger partial charge in [-0.3, -0.25) is 20.0 Å². The number of nitro groups is 1. The van der Waals surface area contributed by atoms with E-state index in [-0.39, 0.29) is 22.8 Å². The Bertz CT molecular complexity index is 801. The first-order chi connectivity index (χ1) is 11.5. The van der Waals surface area contributed by atoms with Crippen molar-refractivity contribution in [3.63, 3.8) is 0 Å². The quantitative estimate of drug-likeness (QED) is 0.623. The number of H-pyrrole nitrogens is 1. The molecule has 2 aromatic rings. The zero-order valence-electron chi connectivity index (χ0n) is 12.8. The van der Waals surface area contributed by atoms with Crippen LogP contribution in [0, 0.1) is 28.8 Å². The van der Waals surface area contributed by atoms with Crippen LogP contribution in [0.5, 0.6) is 5.75 Å². The molecule has 3 rings (SSSR count). The molecule has 0 saturated heterocycles. The van der Waals surface area contributed by atoms with Crippen LogP contribution in [0.2, 0.25) is 0 Å². The Balaban J connectivity index is 1.82. The van der Waals surface area contributed by atoms with E-state index in [0.29, 0.717) is 12.5 Å². The predicted molar refractivity (Wildman–Crippen MR) is 82.6 cm³/mol. The number of benzene rings is 1. The minimum absolute atomic E-state index is 0.175. The lowest BCUT2D eigenvalue weighted by Crippen LogP contribution is -2.15. The highest BCUT2D eigenvalue weighted by atomic mass is 19.1. The summed E-state index contributed by atoms with van der Waals surface area (Å²) in [4.78, 5) is 22.7. The maximum atomic E-state index is 13.4. The third-order valence-corrected chi connectivity index (χ3v) is 3.68. The lowest BCUT2D eigenvalue weighted by Gasteiger charge is -2.11. The molecular formula is C15H15FN4O4. The minimum Gasteiger partial charge on any atom is -0.491 e. The van der Waals surface area contributed by atoms with E-state index in [0.717, 1.165) is 12.8 Å². The smallest absolute Gasteiger partial charge is 0.322 e. The number of carbonyl (C=O) groups is 1. The average molecular weight is 334 g/mol. The molecule has 1 heterocycles. The van der Waals surface area contributed by atoms with Gasteiger partial charge in [0.25, 0.3) is 5.91 Å². The number of hydrogen-bond acceptors (Lipinski definition) is 5. The monoisotopic (exact) mass is 334 g/mol. The van der Waals surface area contributed by atoms with E-state index in [2.05, 4.69) is 15.5 Å². The molecule has 1 amide bonds. The molecule has 0 radical (unpaired) electrons. The molecule has 1 fully saturated rings. The van der Waals surface area contributed by atoms with Gasteiger partial charge in [0.1, 0.15) is 17.3 Å². The molecule has 9 heteroatoms. The molecule has 0 atom stereocenters. The topological polar surface area (TPSA) is 110 Å². The molecule has 0 unspecified atom stereocenters. The number of anilines is 1. The predicted octanol–water partition coefficient (Wildman–Crippen LogP) is 2.81. The summed E-state index contributed by atoms with van der Waals surface area (Å²) in [7, 11) is 0. The van der Waals surface area contributed by atoms with Crippen molar-refractivity contribution in [1.82, 2.24) is 10.2 Å². The molecule has 2 N–H and O–H groups in total. The summed E-state index contributed by atoms with van der Waals surface area (Å²) >= 11 is 0. The average Bonchev–Trinajstić information content (AvgIpc) is 3.27. The Hall–Kier alpha value is -2.97. The van der Waals surface area contributed by atoms with Crippen LogP contribution in [0.25, 0.3) is 0 Å². The van der Waals surface area contributed by atoms with Crippen LogP contribution >= 0.6 is 0 Å². The number of rotatable bonds is 6. The number of amides is 1. The lowest BCUT2D eigenvalue weighted by molar-refractivity contribution is -0.385. The van der Waals surface area contributed by atoms with Crippen molar-refractivity contribution in [2.24, 2.45) is 5.92 Å². The Morgan fingerprint density at radius 2 is 2.29 bits per heavy atom. The normalized spacial score (nSPS) is 13.6. The van der Waals surface area contributed by atoms with Crippen LogP contribution in [0.15, 0.2) is 18.2 Å². The van der Waals surface area contributed by atoms with Crippen molar-refractivity contribution in [3.05, 3.63) is 45.5 Å². The second kappa shape index (κ2) is 6.26. The number of hydrogen-bond donors (Lipinski definition) is 2. The molecule has 0 spiro atoms. The molecule has 1 aliphatic rings. The van der Waals surface area contributed by atoms with Gasteiger partial charge in [0.2, 0.25) is 5.69 Å². The van der Waals surface area contributed by atoms with Crippen molar-refractivity contribution >= 4 is 17.3 Å². The number of aryl methyl sites for hydroxylation is 1. The van der Waals surface area contributed by atoms with E-state index in [9.17, 15) is 19.3 Å². The number of nitrogens with zero attached hydrogens (tertiary/aromatic N) is 2. The molecule has 1 aromatic heterocycles. The van der Waals surface area contributed by atoms with Crippen molar-refractivity contribution in [2.75, 3.05) is 11.9 Å². The summed E-state index contributed by atoms with van der Waals surface area (Å²) in [6.07, 6.45) is 2.13. The van der Waals surface area contributed by atoms with E-state index in [1.54, 1.807) is 0 Å². The largest absolute Gasteiger partial charge is 0.491 e. The Morgan fingerprint density at radius 3 is 2.96 bits per heavy atom. The van der Waals surface area contributed by atoms with E-state index in [1.807, 2.05) is 0 Å². The van der Waals surface area contributed by atoms with Gasteiger partial charge in [0.05, 0.1) is 17.2 Å². The van der Waals surface area contributed by atoms with Crippen molar-refractivity contribution in [3.8, 4) is 5.75 Å². The Kier molecular flexibility index (Phi) is 4.15. The Labute approximate surface area is 136 Å². The molecule has 1 aromatic carbocycles. The van der Waals surface area contributed by atoms with Gasteiger partial charge in [-0.1, -0.05) is 0 Å². The van der Waals surface area contributed by atoms with Crippen molar-refractivity contribution < 1.29 is 18.8 Å². The summed E-state index contributed by atoms with van der Waals surface area (Å²) in [5.41, 5.74) is -0.323. The van der Waals surface area contributed by atoms with Crippen LogP contribution in [-0.4, -0.2) is 27.6 Å². The van der Waals surface area contributed by atoms with E-state index < -0.39 is 22.3 Å². The minimum atomic E-state index is -0.770. The number of halogens is 1. The summed E-state index contributed by atoms with van der Waals surface area (Å²) in [5.74, 6) is -0.633. The van der Waals surface area contributed by atoms with Crippen molar-refractivity contribution in [1.29, 1.82) is 0 Å². The van der Waals surface area contributed by atoms with Gasteiger partial charge in [-0.2, -0.15) is 5.10 Å². The van der Waals surface area contributed by atoms with E-state index in [1.165, 1.54) is 25.1 Å². The molecule has 24 heavy (non-hydrogen) atoms. The van der Waals surface area contributed by atoms with Gasteiger partial charge >= 0.3 is 5.69 Å². The number of aromatic nitrogens is 2. The van der Waals surface area contributed by atoms with Gasteiger partial charge in [0.15, 0.2) is 0 Å². The van der Waals surface area contributed by atoms with E-state index in [4.69, 9.17) is 4.74 Å². The fourth-order valence-electron chi connectivity index (χ4n) is 2.20. The van der Waals surface area contributed by atoms with Crippen LogP contribution in [0.3, 0.4) is 0 Å². The standard InChI is InChI=1S/C15H15FN4O4/c1-8-14(20(22)23)13(19-18-8)15(21)17-11-5-4-10(16)6-12(11)24-7-9-2-3-9/h4-6,9H,2-3,7H2,1H3,(H,17,21)(H,18,19). The summed E-state index contributed by atoms with van der Waals surface area (Å²) < 4.78 is 19.0. The fourth-order valence-corrected chi connectivity index (χ4v) is 2.20. The molecule has 8 nitrogen and oxygen atoms in total. The zero-order chi connectivity index (χ0) is 17.3. The molecule has 1 saturated carbocycles. The number of ether oxygens (including phenoxy) is 1. The van der Waals surface area contributed by atoms with Gasteiger partial charge in [-0.15, -0.1) is 0 Å². The first kappa shape index (κ1) is 15.9. The summed E-state index contributed by atoms with van der Waals surface area (Å²) in [6.45, 7) is 1.89. The SMILES string of the molecule is Cc1[nH]nc(C(=O)Nc2ccc(F)cc2OCC2CC2)c1[N+](=O)[O-]. The van der Waals surface area contributed by atoms with Crippen LogP contribution < -0.4 is 10.1 Å². The molecule has 126 valence electrons. The molecule has 0 aliphatic heterocycles. The third kappa shape index (κ3) is 3.34. The van der Waals surface area contributed by atoms with Crippen LogP contribution in [0.4, 0.5) is 15.8 Å². The molecule has 0 bridgehead atoms. The fraction of sp³-hybridized carbons (Fsp3) is 0.333. The highest BCUT2D eigenvalue weighted by Gasteiger charge is 2.28. The Morgan fingerprint density at radius 1 is 1.54 bits per heavy atom. The van der Waals surface area contributed by atoms with Crippen molar-refractivity contribution in [2.45, 2.75) is 19.8 Å². The van der Waals surface area contributed by atoms with Gasteiger partial charge in [-0.25, -0.2) is 4.39 Å². The van der Waals surface area contributed by atoms with Gasteiger partial charge < -0.3 is 10.1 Å². The van der Waals surface area contributed by atoms with Crippen LogP contribution in [0.1, 0.15) is 29.0 Å². The first-order valence-corrected chi connectivity index (χ1v) is 7.38. The number of aromatic amines is 1. The summed E-state index contributed by atoms with van der Waals surface area (Å²) in [6, 6.07) is 3.69. The van der Waals surface area contributed by atoms with Gasteiger partial charge in [0, 0.05) is 6.07 Å². The molecule has 1 aliphatic carbocycles. The van der Waals surface area contributed by atoms with E-state index >= 15 is 0 Å². The number of nitrogens with one attached hydrogen (secondary N) is 2. The lowest BCUT2D eigenvalue weighted by atomic mass is 10.2. The third-order valence-electron chi connectivity index (χ3n) is 3.68. The van der Waals surface area contributed by atoms with Gasteiger partial charge in [-0.05, 0) is 37.8 Å². The molecular weight excluding hydrogens is 319 g/mol. The summed E-state index contributed by atoms with van der Waals surface area (Å²) in [5, 5.41) is 19.6. The zero-order valence-corrected chi connectivity index (χ0v) is 12.8. The first-order valence-electron chi connectivity index (χ1n) is 7.38. The maximum Gasteiger partial charge on any atom is 0.322 e. The highest BCUT2D eigenvalue weighted by molar-refractivity contribution is 6.06. The maximum absolute atomic E-state index is 13.4. The second-order valence-corrected chi connectivity index (χ2v) is 5.65. The number of carbonyl (C=O) groups excluding carboxylic acids is 1. The van der Waals surface area contributed by atoms with Crippen LogP contribution in [-0.2, 0) is 0 Å². The second-order valence-electron chi connectivity index (χ2n) is 5.65.